The van der Waals surface area contributed by atoms with Crippen LogP contribution in [-0.2, 0) is 0 Å². The van der Waals surface area contributed by atoms with E-state index in [1.165, 1.54) is 0 Å². The summed E-state index contributed by atoms with van der Waals surface area (Å²) in [5.41, 5.74) is 0. The van der Waals surface area contributed by atoms with E-state index in [0.717, 1.165) is 19.3 Å². The number of alkyl halides is 3. The Hall–Kier alpha value is -0.250. The minimum absolute atomic E-state index is 0.185. The molecule has 4 atom stereocenters. The Morgan fingerprint density at radius 1 is 1.28 bits per heavy atom. The fraction of sp³-hybridized carbons (Fsp3) is 1.00. The van der Waals surface area contributed by atoms with Crippen LogP contribution in [0.1, 0.15) is 52.4 Å². The van der Waals surface area contributed by atoms with Crippen molar-refractivity contribution < 1.29 is 13.2 Å². The second-order valence-electron chi connectivity index (χ2n) is 5.81. The molecule has 0 heterocycles. The molecule has 18 heavy (non-hydrogen) atoms. The third kappa shape index (κ3) is 4.45. The van der Waals surface area contributed by atoms with E-state index < -0.39 is 12.1 Å². The molecule has 1 nitrogen and oxygen atoms in total. The van der Waals surface area contributed by atoms with Crippen molar-refractivity contribution in [3.8, 4) is 0 Å². The van der Waals surface area contributed by atoms with Gasteiger partial charge < -0.3 is 5.32 Å². The Labute approximate surface area is 109 Å². The lowest BCUT2D eigenvalue weighted by Crippen LogP contribution is -2.40. The Kier molecular flexibility index (Phi) is 5.96. The van der Waals surface area contributed by atoms with Gasteiger partial charge in [0.2, 0.25) is 0 Å². The first kappa shape index (κ1) is 15.8. The van der Waals surface area contributed by atoms with Crippen LogP contribution in [0.3, 0.4) is 0 Å². The standard InChI is InChI=1S/C14H26F3N/c1-4-10(2)8-13(18-3)11-6-5-7-12(9-11)14(15,16)17/h10-13,18H,4-9H2,1-3H3. The minimum Gasteiger partial charge on any atom is -0.317 e. The Morgan fingerprint density at radius 2 is 1.94 bits per heavy atom. The molecule has 1 aliphatic rings. The van der Waals surface area contributed by atoms with Gasteiger partial charge in [0.15, 0.2) is 0 Å². The fourth-order valence-electron chi connectivity index (χ4n) is 3.04. The number of halogens is 3. The van der Waals surface area contributed by atoms with Crippen molar-refractivity contribution in [1.82, 2.24) is 5.32 Å². The predicted molar refractivity (Wildman–Crippen MR) is 68.4 cm³/mol. The summed E-state index contributed by atoms with van der Waals surface area (Å²) in [7, 11) is 1.88. The van der Waals surface area contributed by atoms with Crippen LogP contribution in [0, 0.1) is 17.8 Å². The monoisotopic (exact) mass is 265 g/mol. The van der Waals surface area contributed by atoms with Gasteiger partial charge in [0.1, 0.15) is 0 Å². The summed E-state index contributed by atoms with van der Waals surface area (Å²) in [6.45, 7) is 4.31. The highest BCUT2D eigenvalue weighted by Crippen LogP contribution is 2.41. The fourth-order valence-corrected chi connectivity index (χ4v) is 3.04. The maximum absolute atomic E-state index is 12.8. The molecule has 0 radical (unpaired) electrons. The van der Waals surface area contributed by atoms with E-state index in [4.69, 9.17) is 0 Å². The van der Waals surface area contributed by atoms with Gasteiger partial charge in [-0.1, -0.05) is 26.7 Å². The minimum atomic E-state index is -4.01. The van der Waals surface area contributed by atoms with Gasteiger partial charge in [0, 0.05) is 6.04 Å². The average Bonchev–Trinajstić information content (AvgIpc) is 2.34. The van der Waals surface area contributed by atoms with Crippen LogP contribution in [0.4, 0.5) is 13.2 Å². The van der Waals surface area contributed by atoms with Crippen molar-refractivity contribution in [3.63, 3.8) is 0 Å². The summed E-state index contributed by atoms with van der Waals surface area (Å²) in [6, 6.07) is 0.241. The molecule has 0 saturated heterocycles. The molecule has 1 rings (SSSR count). The highest BCUT2D eigenvalue weighted by Gasteiger charge is 2.43. The van der Waals surface area contributed by atoms with Crippen LogP contribution in [0.25, 0.3) is 0 Å². The van der Waals surface area contributed by atoms with Crippen LogP contribution < -0.4 is 5.32 Å². The van der Waals surface area contributed by atoms with E-state index in [-0.39, 0.29) is 12.0 Å². The Bertz CT molecular complexity index is 240. The van der Waals surface area contributed by atoms with E-state index in [1.807, 2.05) is 7.05 Å². The van der Waals surface area contributed by atoms with E-state index in [2.05, 4.69) is 19.2 Å². The number of rotatable bonds is 5. The lowest BCUT2D eigenvalue weighted by Gasteiger charge is -2.36. The van der Waals surface area contributed by atoms with E-state index >= 15 is 0 Å². The second kappa shape index (κ2) is 6.78. The van der Waals surface area contributed by atoms with Crippen molar-refractivity contribution in [2.45, 2.75) is 64.6 Å². The molecule has 0 aromatic carbocycles. The number of hydrogen-bond acceptors (Lipinski definition) is 1. The largest absolute Gasteiger partial charge is 0.391 e. The molecule has 0 amide bonds. The summed E-state index contributed by atoms with van der Waals surface area (Å²) in [5.74, 6) is -0.317. The summed E-state index contributed by atoms with van der Waals surface area (Å²) in [6.07, 6.45) is 0.358. The van der Waals surface area contributed by atoms with Crippen molar-refractivity contribution in [1.29, 1.82) is 0 Å². The third-order valence-electron chi connectivity index (χ3n) is 4.47. The molecule has 1 fully saturated rings. The first-order valence-corrected chi connectivity index (χ1v) is 7.12. The molecular weight excluding hydrogens is 239 g/mol. The first-order valence-electron chi connectivity index (χ1n) is 7.12. The van der Waals surface area contributed by atoms with Crippen LogP contribution in [0.2, 0.25) is 0 Å². The number of hydrogen-bond donors (Lipinski definition) is 1. The molecule has 4 heteroatoms. The molecule has 1 aliphatic carbocycles. The summed E-state index contributed by atoms with van der Waals surface area (Å²) in [5, 5.41) is 3.24. The molecule has 1 N–H and O–H groups in total. The Morgan fingerprint density at radius 3 is 2.44 bits per heavy atom. The van der Waals surface area contributed by atoms with Gasteiger partial charge in [-0.05, 0) is 44.6 Å². The zero-order valence-corrected chi connectivity index (χ0v) is 11.7. The molecule has 0 aromatic heterocycles. The average molecular weight is 265 g/mol. The van der Waals surface area contributed by atoms with Gasteiger partial charge in [-0.25, -0.2) is 0 Å². The number of nitrogens with one attached hydrogen (secondary N) is 1. The Balaban J connectivity index is 2.58. The molecule has 0 aliphatic heterocycles. The maximum atomic E-state index is 12.8. The molecule has 108 valence electrons. The first-order chi connectivity index (χ1) is 8.38. The summed E-state index contributed by atoms with van der Waals surface area (Å²) in [4.78, 5) is 0. The molecule has 0 bridgehead atoms. The van der Waals surface area contributed by atoms with Crippen LogP contribution in [0.5, 0.6) is 0 Å². The van der Waals surface area contributed by atoms with Gasteiger partial charge in [0.05, 0.1) is 5.92 Å². The van der Waals surface area contributed by atoms with Gasteiger partial charge >= 0.3 is 6.18 Å². The topological polar surface area (TPSA) is 12.0 Å². The molecule has 0 spiro atoms. The highest BCUT2D eigenvalue weighted by molar-refractivity contribution is 4.85. The van der Waals surface area contributed by atoms with Crippen molar-refractivity contribution >= 4 is 0 Å². The normalized spacial score (nSPS) is 29.0. The van der Waals surface area contributed by atoms with Crippen LogP contribution in [-0.4, -0.2) is 19.3 Å². The van der Waals surface area contributed by atoms with Gasteiger partial charge in [-0.3, -0.25) is 0 Å². The predicted octanol–water partition coefficient (Wildman–Crippen LogP) is 4.38. The maximum Gasteiger partial charge on any atom is 0.391 e. The smallest absolute Gasteiger partial charge is 0.317 e. The second-order valence-corrected chi connectivity index (χ2v) is 5.81. The van der Waals surface area contributed by atoms with Crippen molar-refractivity contribution in [2.24, 2.45) is 17.8 Å². The van der Waals surface area contributed by atoms with Gasteiger partial charge in [-0.15, -0.1) is 0 Å². The highest BCUT2D eigenvalue weighted by atomic mass is 19.4. The van der Waals surface area contributed by atoms with Crippen LogP contribution in [0.15, 0.2) is 0 Å². The molecule has 0 aromatic rings. The zero-order chi connectivity index (χ0) is 13.8. The quantitative estimate of drug-likeness (QED) is 0.778. The summed E-state index contributed by atoms with van der Waals surface area (Å²) >= 11 is 0. The van der Waals surface area contributed by atoms with Gasteiger partial charge in [0.25, 0.3) is 0 Å². The summed E-state index contributed by atoms with van der Waals surface area (Å²) < 4.78 is 38.4. The van der Waals surface area contributed by atoms with E-state index in [0.29, 0.717) is 25.2 Å². The molecular formula is C14H26F3N. The molecule has 1 saturated carbocycles. The van der Waals surface area contributed by atoms with E-state index in [1.54, 1.807) is 0 Å². The SMILES string of the molecule is CCC(C)CC(NC)C1CCCC(C(F)(F)F)C1. The lowest BCUT2D eigenvalue weighted by molar-refractivity contribution is -0.186. The third-order valence-corrected chi connectivity index (χ3v) is 4.47. The van der Waals surface area contributed by atoms with Crippen molar-refractivity contribution in [2.75, 3.05) is 7.05 Å². The van der Waals surface area contributed by atoms with Crippen LogP contribution >= 0.6 is 0 Å². The zero-order valence-electron chi connectivity index (χ0n) is 11.7. The van der Waals surface area contributed by atoms with E-state index in [9.17, 15) is 13.2 Å². The molecule has 4 unspecified atom stereocenters. The van der Waals surface area contributed by atoms with Crippen molar-refractivity contribution in [3.05, 3.63) is 0 Å². The lowest BCUT2D eigenvalue weighted by atomic mass is 9.75. The van der Waals surface area contributed by atoms with Gasteiger partial charge in [-0.2, -0.15) is 13.2 Å².